The third kappa shape index (κ3) is 5.20. The molecule has 1 fully saturated rings. The van der Waals surface area contributed by atoms with Crippen molar-refractivity contribution in [1.82, 2.24) is 10.3 Å². The molecule has 0 radical (unpaired) electrons. The van der Waals surface area contributed by atoms with Crippen LogP contribution in [0.1, 0.15) is 12.5 Å². The van der Waals surface area contributed by atoms with E-state index in [1.54, 1.807) is 24.5 Å². The number of amides is 1. The summed E-state index contributed by atoms with van der Waals surface area (Å²) in [5.74, 6) is 1.53. The minimum absolute atomic E-state index is 0.000375. The minimum Gasteiger partial charge on any atom is -0.494 e. The molecule has 3 rings (SSSR count). The van der Waals surface area contributed by atoms with Crippen LogP contribution in [0.15, 0.2) is 48.8 Å². The van der Waals surface area contributed by atoms with Gasteiger partial charge in [-0.3, -0.25) is 9.78 Å². The lowest BCUT2D eigenvalue weighted by Gasteiger charge is -2.19. The highest BCUT2D eigenvalue weighted by atomic mass is 16.5. The van der Waals surface area contributed by atoms with E-state index in [1.165, 1.54) is 5.56 Å². The third-order valence-electron chi connectivity index (χ3n) is 4.30. The van der Waals surface area contributed by atoms with E-state index in [9.17, 15) is 4.79 Å². The molecule has 0 spiro atoms. The molecule has 0 aliphatic carbocycles. The van der Waals surface area contributed by atoms with Crippen molar-refractivity contribution >= 4 is 5.91 Å². The first-order chi connectivity index (χ1) is 12.7. The van der Waals surface area contributed by atoms with E-state index in [1.807, 2.05) is 31.2 Å². The van der Waals surface area contributed by atoms with E-state index < -0.39 is 0 Å². The van der Waals surface area contributed by atoms with E-state index in [0.29, 0.717) is 25.6 Å². The third-order valence-corrected chi connectivity index (χ3v) is 4.30. The predicted molar refractivity (Wildman–Crippen MR) is 97.3 cm³/mol. The van der Waals surface area contributed by atoms with Gasteiger partial charge in [0.15, 0.2) is 6.61 Å². The number of aromatic nitrogens is 1. The highest BCUT2D eigenvalue weighted by Crippen LogP contribution is 2.20. The van der Waals surface area contributed by atoms with Crippen LogP contribution in [0.5, 0.6) is 11.5 Å². The van der Waals surface area contributed by atoms with Crippen molar-refractivity contribution in [2.75, 3.05) is 26.4 Å². The zero-order valence-electron chi connectivity index (χ0n) is 14.9. The maximum absolute atomic E-state index is 12.2. The quantitative estimate of drug-likeness (QED) is 0.785. The van der Waals surface area contributed by atoms with Gasteiger partial charge in [0, 0.05) is 18.3 Å². The molecule has 1 N–H and O–H groups in total. The average Bonchev–Trinajstić information content (AvgIpc) is 3.09. The van der Waals surface area contributed by atoms with Gasteiger partial charge in [0.25, 0.3) is 5.91 Å². The molecule has 138 valence electrons. The van der Waals surface area contributed by atoms with E-state index in [2.05, 4.69) is 10.3 Å². The summed E-state index contributed by atoms with van der Waals surface area (Å²) in [6.45, 7) is 3.71. The second-order valence-corrected chi connectivity index (χ2v) is 6.22. The second-order valence-electron chi connectivity index (χ2n) is 6.22. The summed E-state index contributed by atoms with van der Waals surface area (Å²) in [5, 5.41) is 3.02. The van der Waals surface area contributed by atoms with Gasteiger partial charge in [-0.15, -0.1) is 0 Å². The fraction of sp³-hybridized carbons (Fsp3) is 0.400. The zero-order valence-corrected chi connectivity index (χ0v) is 14.9. The van der Waals surface area contributed by atoms with Crippen LogP contribution in [-0.4, -0.2) is 43.4 Å². The Bertz CT molecular complexity index is 691. The Morgan fingerprint density at radius 3 is 2.50 bits per heavy atom. The summed E-state index contributed by atoms with van der Waals surface area (Å²) in [6, 6.07) is 11.2. The first kappa shape index (κ1) is 18.2. The molecule has 6 nitrogen and oxygen atoms in total. The zero-order chi connectivity index (χ0) is 18.2. The number of rotatable bonds is 8. The molecule has 1 aliphatic rings. The Morgan fingerprint density at radius 1 is 1.12 bits per heavy atom. The molecular formula is C20H24N2O4. The van der Waals surface area contributed by atoms with Crippen molar-refractivity contribution in [2.45, 2.75) is 19.4 Å². The van der Waals surface area contributed by atoms with Crippen LogP contribution in [0.3, 0.4) is 0 Å². The highest BCUT2D eigenvalue weighted by Gasteiger charge is 2.29. The maximum Gasteiger partial charge on any atom is 0.258 e. The van der Waals surface area contributed by atoms with Crippen molar-refractivity contribution in [3.05, 3.63) is 54.4 Å². The van der Waals surface area contributed by atoms with Gasteiger partial charge in [-0.05, 0) is 55.3 Å². The molecule has 1 aliphatic heterocycles. The van der Waals surface area contributed by atoms with E-state index >= 15 is 0 Å². The van der Waals surface area contributed by atoms with Crippen molar-refractivity contribution in [3.8, 4) is 11.5 Å². The Labute approximate surface area is 153 Å². The number of hydrogen-bond acceptors (Lipinski definition) is 5. The Morgan fingerprint density at radius 2 is 1.81 bits per heavy atom. The highest BCUT2D eigenvalue weighted by molar-refractivity contribution is 5.78. The maximum atomic E-state index is 12.2. The molecule has 1 saturated heterocycles. The summed E-state index contributed by atoms with van der Waals surface area (Å²) >= 11 is 0. The van der Waals surface area contributed by atoms with Crippen molar-refractivity contribution in [3.63, 3.8) is 0 Å². The van der Waals surface area contributed by atoms with E-state index in [-0.39, 0.29) is 24.5 Å². The average molecular weight is 356 g/mol. The van der Waals surface area contributed by atoms with Crippen LogP contribution in [0.4, 0.5) is 0 Å². The molecule has 2 heterocycles. The summed E-state index contributed by atoms with van der Waals surface area (Å²) in [5.41, 5.74) is 1.19. The van der Waals surface area contributed by atoms with Crippen LogP contribution in [0.2, 0.25) is 0 Å². The molecule has 6 heteroatoms. The van der Waals surface area contributed by atoms with Crippen molar-refractivity contribution in [1.29, 1.82) is 0 Å². The largest absolute Gasteiger partial charge is 0.494 e. The molecule has 0 unspecified atom stereocenters. The smallest absolute Gasteiger partial charge is 0.258 e. The Balaban J connectivity index is 1.46. The van der Waals surface area contributed by atoms with Gasteiger partial charge in [0.1, 0.15) is 11.5 Å². The van der Waals surface area contributed by atoms with Crippen molar-refractivity contribution < 1.29 is 19.0 Å². The van der Waals surface area contributed by atoms with E-state index in [0.717, 1.165) is 12.2 Å². The number of carbonyl (C=O) groups is 1. The lowest BCUT2D eigenvalue weighted by molar-refractivity contribution is -0.124. The van der Waals surface area contributed by atoms with Crippen LogP contribution in [0, 0.1) is 5.92 Å². The van der Waals surface area contributed by atoms with Crippen LogP contribution < -0.4 is 14.8 Å². The molecule has 1 aromatic heterocycles. The SMILES string of the molecule is CCOc1ccc(OCC(=O)N[C@@H]2COC[C@H]2Cc2ccncc2)cc1. The molecule has 26 heavy (non-hydrogen) atoms. The number of nitrogens with zero attached hydrogens (tertiary/aromatic N) is 1. The second kappa shape index (κ2) is 9.20. The Hall–Kier alpha value is -2.60. The Kier molecular flexibility index (Phi) is 6.44. The number of ether oxygens (including phenoxy) is 3. The van der Waals surface area contributed by atoms with Gasteiger partial charge in [-0.2, -0.15) is 0 Å². The minimum atomic E-state index is -0.144. The number of hydrogen-bond donors (Lipinski definition) is 1. The van der Waals surface area contributed by atoms with Gasteiger partial charge in [-0.25, -0.2) is 0 Å². The summed E-state index contributed by atoms with van der Waals surface area (Å²) in [4.78, 5) is 16.2. The molecule has 1 aromatic carbocycles. The van der Waals surface area contributed by atoms with Gasteiger partial charge in [0.05, 0.1) is 25.9 Å². The van der Waals surface area contributed by atoms with E-state index in [4.69, 9.17) is 14.2 Å². The topological polar surface area (TPSA) is 69.7 Å². The number of nitrogens with one attached hydrogen (secondary N) is 1. The lowest BCUT2D eigenvalue weighted by atomic mass is 9.95. The fourth-order valence-corrected chi connectivity index (χ4v) is 2.98. The molecule has 1 amide bonds. The number of benzene rings is 1. The molecule has 2 atom stereocenters. The molecule has 0 saturated carbocycles. The van der Waals surface area contributed by atoms with Crippen LogP contribution in [-0.2, 0) is 16.0 Å². The van der Waals surface area contributed by atoms with Crippen LogP contribution in [0.25, 0.3) is 0 Å². The van der Waals surface area contributed by atoms with Gasteiger partial charge < -0.3 is 19.5 Å². The molecular weight excluding hydrogens is 332 g/mol. The number of pyridine rings is 1. The standard InChI is InChI=1S/C20H24N2O4/c1-2-25-17-3-5-18(6-4-17)26-14-20(23)22-19-13-24-12-16(19)11-15-7-9-21-10-8-15/h3-10,16,19H,2,11-14H2,1H3,(H,22,23)/t16-,19-/m1/s1. The van der Waals surface area contributed by atoms with Crippen molar-refractivity contribution in [2.24, 2.45) is 5.92 Å². The van der Waals surface area contributed by atoms with Gasteiger partial charge in [0.2, 0.25) is 0 Å². The summed E-state index contributed by atoms with van der Waals surface area (Å²) < 4.78 is 16.5. The molecule has 0 bridgehead atoms. The predicted octanol–water partition coefficient (Wildman–Crippen LogP) is 2.23. The lowest BCUT2D eigenvalue weighted by Crippen LogP contribution is -2.42. The summed E-state index contributed by atoms with van der Waals surface area (Å²) in [6.07, 6.45) is 4.42. The van der Waals surface area contributed by atoms with Crippen LogP contribution >= 0.6 is 0 Å². The molecule has 2 aromatic rings. The van der Waals surface area contributed by atoms with Gasteiger partial charge in [-0.1, -0.05) is 0 Å². The fourth-order valence-electron chi connectivity index (χ4n) is 2.98. The van der Waals surface area contributed by atoms with Gasteiger partial charge >= 0.3 is 0 Å². The first-order valence-corrected chi connectivity index (χ1v) is 8.86. The number of carbonyl (C=O) groups excluding carboxylic acids is 1. The monoisotopic (exact) mass is 356 g/mol. The first-order valence-electron chi connectivity index (χ1n) is 8.86. The summed E-state index contributed by atoms with van der Waals surface area (Å²) in [7, 11) is 0. The normalized spacial score (nSPS) is 19.1.